The van der Waals surface area contributed by atoms with Gasteiger partial charge in [-0.3, -0.25) is 9.59 Å². The Morgan fingerprint density at radius 1 is 1.38 bits per heavy atom. The minimum atomic E-state index is -0.108. The Balaban J connectivity index is 1.59. The number of likely N-dealkylation sites (tertiary alicyclic amines) is 1. The summed E-state index contributed by atoms with van der Waals surface area (Å²) >= 11 is 0. The summed E-state index contributed by atoms with van der Waals surface area (Å²) < 4.78 is 6.98. The van der Waals surface area contributed by atoms with E-state index in [1.54, 1.807) is 17.4 Å². The maximum Gasteiger partial charge on any atom is 0.309 e. The number of imidazole rings is 1. The molecule has 6 nitrogen and oxygen atoms in total. The van der Waals surface area contributed by atoms with E-state index >= 15 is 0 Å². The molecule has 2 heterocycles. The number of ether oxygens (including phenoxy) is 1. The summed E-state index contributed by atoms with van der Waals surface area (Å²) in [5.41, 5.74) is 0.484. The van der Waals surface area contributed by atoms with Crippen molar-refractivity contribution in [2.75, 3.05) is 19.7 Å². The topological polar surface area (TPSA) is 64.4 Å². The van der Waals surface area contributed by atoms with Crippen LogP contribution in [0.4, 0.5) is 0 Å². The van der Waals surface area contributed by atoms with E-state index in [-0.39, 0.29) is 29.6 Å². The van der Waals surface area contributed by atoms with Gasteiger partial charge in [-0.15, -0.1) is 0 Å². The molecular weight excluding hydrogens is 270 g/mol. The number of amides is 1. The lowest BCUT2D eigenvalue weighted by Gasteiger charge is -2.18. The summed E-state index contributed by atoms with van der Waals surface area (Å²) in [6, 6.07) is 0.291. The van der Waals surface area contributed by atoms with Crippen LogP contribution in [0.15, 0.2) is 12.5 Å². The van der Waals surface area contributed by atoms with Crippen molar-refractivity contribution in [2.24, 2.45) is 17.8 Å². The fourth-order valence-corrected chi connectivity index (χ4v) is 3.17. The Kier molecular flexibility index (Phi) is 3.47. The molecule has 1 aromatic heterocycles. The maximum atomic E-state index is 12.4. The lowest BCUT2D eigenvalue weighted by Crippen LogP contribution is -2.33. The number of hydrogen-bond acceptors (Lipinski definition) is 4. The number of nitrogens with zero attached hydrogens (tertiary/aromatic N) is 3. The standard InChI is InChI=1S/C15H21N3O3/c1-4-21-15(20)13-10-5-17(6-11(10)13)14(19)12-7-18(8-16-12)9(2)3/h7-11,13H,4-6H2,1-3H3/t10-,11+,13?. The summed E-state index contributed by atoms with van der Waals surface area (Å²) in [6.07, 6.45) is 3.48. The van der Waals surface area contributed by atoms with Crippen LogP contribution in [0.1, 0.15) is 37.3 Å². The van der Waals surface area contributed by atoms with Gasteiger partial charge in [0.2, 0.25) is 0 Å². The Morgan fingerprint density at radius 3 is 2.57 bits per heavy atom. The Hall–Kier alpha value is -1.85. The molecule has 6 heteroatoms. The first kappa shape index (κ1) is 14.1. The molecule has 0 N–H and O–H groups in total. The summed E-state index contributed by atoms with van der Waals surface area (Å²) in [5, 5.41) is 0. The molecule has 3 rings (SSSR count). The molecule has 21 heavy (non-hydrogen) atoms. The highest BCUT2D eigenvalue weighted by atomic mass is 16.5. The van der Waals surface area contributed by atoms with Crippen LogP contribution in [0.25, 0.3) is 0 Å². The molecule has 0 bridgehead atoms. The van der Waals surface area contributed by atoms with Crippen molar-refractivity contribution in [1.29, 1.82) is 0 Å². The van der Waals surface area contributed by atoms with Crippen molar-refractivity contribution in [1.82, 2.24) is 14.5 Å². The minimum Gasteiger partial charge on any atom is -0.466 e. The Bertz CT molecular complexity index is 554. The second-order valence-corrected chi connectivity index (χ2v) is 6.12. The molecular formula is C15H21N3O3. The van der Waals surface area contributed by atoms with Gasteiger partial charge in [-0.2, -0.15) is 0 Å². The Labute approximate surface area is 124 Å². The number of aromatic nitrogens is 2. The van der Waals surface area contributed by atoms with E-state index in [4.69, 9.17) is 4.74 Å². The third-order valence-electron chi connectivity index (χ3n) is 4.46. The van der Waals surface area contributed by atoms with Gasteiger partial charge in [-0.05, 0) is 32.6 Å². The minimum absolute atomic E-state index is 0.00206. The zero-order valence-corrected chi connectivity index (χ0v) is 12.7. The SMILES string of the molecule is CCOC(=O)C1[C@H]2CN(C(=O)c3cn(C(C)C)cn3)C[C@@H]12. The van der Waals surface area contributed by atoms with Gasteiger partial charge in [0, 0.05) is 25.3 Å². The van der Waals surface area contributed by atoms with Crippen LogP contribution < -0.4 is 0 Å². The molecule has 1 saturated heterocycles. The average molecular weight is 291 g/mol. The summed E-state index contributed by atoms with van der Waals surface area (Å²) in [6.45, 7) is 7.61. The molecule has 1 unspecified atom stereocenters. The van der Waals surface area contributed by atoms with Crippen LogP contribution in [0.2, 0.25) is 0 Å². The molecule has 1 aliphatic heterocycles. The van der Waals surface area contributed by atoms with Crippen LogP contribution in [0, 0.1) is 17.8 Å². The molecule has 114 valence electrons. The first-order chi connectivity index (χ1) is 10.0. The highest BCUT2D eigenvalue weighted by molar-refractivity contribution is 5.92. The van der Waals surface area contributed by atoms with Crippen molar-refractivity contribution in [2.45, 2.75) is 26.8 Å². The molecule has 1 saturated carbocycles. The van der Waals surface area contributed by atoms with E-state index in [1.807, 2.05) is 25.3 Å². The van der Waals surface area contributed by atoms with Gasteiger partial charge in [0.15, 0.2) is 0 Å². The lowest BCUT2D eigenvalue weighted by molar-refractivity contribution is -0.145. The third kappa shape index (κ3) is 2.43. The molecule has 2 aliphatic rings. The molecule has 0 spiro atoms. The van der Waals surface area contributed by atoms with Gasteiger partial charge in [0.25, 0.3) is 5.91 Å². The second kappa shape index (κ2) is 5.16. The van der Waals surface area contributed by atoms with Crippen molar-refractivity contribution >= 4 is 11.9 Å². The predicted octanol–water partition coefficient (Wildman–Crippen LogP) is 1.35. The largest absolute Gasteiger partial charge is 0.466 e. The first-order valence-electron chi connectivity index (χ1n) is 7.52. The zero-order valence-electron chi connectivity index (χ0n) is 12.7. The lowest BCUT2D eigenvalue weighted by atomic mass is 10.2. The van der Waals surface area contributed by atoms with Gasteiger partial charge in [0.1, 0.15) is 5.69 Å². The fourth-order valence-electron chi connectivity index (χ4n) is 3.17. The smallest absolute Gasteiger partial charge is 0.309 e. The molecule has 3 atom stereocenters. The predicted molar refractivity (Wildman–Crippen MR) is 75.6 cm³/mol. The van der Waals surface area contributed by atoms with E-state index < -0.39 is 0 Å². The number of fused-ring (bicyclic) bond motifs is 1. The van der Waals surface area contributed by atoms with Gasteiger partial charge >= 0.3 is 5.97 Å². The zero-order chi connectivity index (χ0) is 15.1. The van der Waals surface area contributed by atoms with E-state index in [2.05, 4.69) is 4.98 Å². The van der Waals surface area contributed by atoms with E-state index in [1.165, 1.54) is 0 Å². The van der Waals surface area contributed by atoms with Crippen LogP contribution in [0.3, 0.4) is 0 Å². The average Bonchev–Trinajstić information content (AvgIpc) is 2.87. The van der Waals surface area contributed by atoms with Gasteiger partial charge in [-0.1, -0.05) is 0 Å². The quantitative estimate of drug-likeness (QED) is 0.785. The number of carbonyl (C=O) groups excluding carboxylic acids is 2. The normalized spacial score (nSPS) is 26.9. The van der Waals surface area contributed by atoms with Crippen LogP contribution in [-0.4, -0.2) is 46.0 Å². The molecule has 0 aromatic carbocycles. The van der Waals surface area contributed by atoms with E-state index in [0.29, 0.717) is 31.4 Å². The highest BCUT2D eigenvalue weighted by Crippen LogP contribution is 2.52. The second-order valence-electron chi connectivity index (χ2n) is 6.12. The van der Waals surface area contributed by atoms with E-state index in [0.717, 1.165) is 0 Å². The van der Waals surface area contributed by atoms with E-state index in [9.17, 15) is 9.59 Å². The van der Waals surface area contributed by atoms with Crippen molar-refractivity contribution < 1.29 is 14.3 Å². The van der Waals surface area contributed by atoms with Gasteiger partial charge in [-0.25, -0.2) is 4.98 Å². The molecule has 1 aromatic rings. The third-order valence-corrected chi connectivity index (χ3v) is 4.46. The molecule has 2 fully saturated rings. The van der Waals surface area contributed by atoms with Gasteiger partial charge in [0.05, 0.1) is 18.9 Å². The van der Waals surface area contributed by atoms with Crippen molar-refractivity contribution in [3.05, 3.63) is 18.2 Å². The van der Waals surface area contributed by atoms with Crippen LogP contribution in [-0.2, 0) is 9.53 Å². The fraction of sp³-hybridized carbons (Fsp3) is 0.667. The molecule has 1 aliphatic carbocycles. The summed E-state index contributed by atoms with van der Waals surface area (Å²) in [7, 11) is 0. The number of carbonyl (C=O) groups is 2. The first-order valence-corrected chi connectivity index (χ1v) is 7.52. The summed E-state index contributed by atoms with van der Waals surface area (Å²) in [4.78, 5) is 30.1. The number of hydrogen-bond donors (Lipinski definition) is 0. The number of rotatable bonds is 4. The van der Waals surface area contributed by atoms with Gasteiger partial charge < -0.3 is 14.2 Å². The monoisotopic (exact) mass is 291 g/mol. The number of esters is 1. The molecule has 1 amide bonds. The highest BCUT2D eigenvalue weighted by Gasteiger charge is 2.61. The van der Waals surface area contributed by atoms with Crippen LogP contribution in [0.5, 0.6) is 0 Å². The number of piperidine rings is 1. The van der Waals surface area contributed by atoms with Crippen LogP contribution >= 0.6 is 0 Å². The molecule has 0 radical (unpaired) electrons. The Morgan fingerprint density at radius 2 is 2.05 bits per heavy atom. The summed E-state index contributed by atoms with van der Waals surface area (Å²) in [5.74, 6) is 0.412. The van der Waals surface area contributed by atoms with Crippen molar-refractivity contribution in [3.8, 4) is 0 Å². The maximum absolute atomic E-state index is 12.4. The van der Waals surface area contributed by atoms with Crippen molar-refractivity contribution in [3.63, 3.8) is 0 Å².